The number of anilines is 1. The number of nitrogens with zero attached hydrogens (tertiary/aromatic N) is 1. The largest absolute Gasteiger partial charge is 0.507 e. The highest BCUT2D eigenvalue weighted by molar-refractivity contribution is 9.10. The van der Waals surface area contributed by atoms with Gasteiger partial charge in [0.1, 0.15) is 17.4 Å². The summed E-state index contributed by atoms with van der Waals surface area (Å²) in [5.74, 6) is -1.19. The van der Waals surface area contributed by atoms with Crippen LogP contribution in [0.15, 0.2) is 41.0 Å². The Bertz CT molecular complexity index is 587. The molecule has 0 radical (unpaired) electrons. The SMILES string of the molecule is O=C(Nc1ccc(Br)cn1)c1cc(F)ccc1O. The van der Waals surface area contributed by atoms with Crippen molar-refractivity contribution in [1.29, 1.82) is 0 Å². The van der Waals surface area contributed by atoms with E-state index in [4.69, 9.17) is 0 Å². The summed E-state index contributed by atoms with van der Waals surface area (Å²) >= 11 is 3.21. The monoisotopic (exact) mass is 310 g/mol. The predicted octanol–water partition coefficient (Wildman–Crippen LogP) is 2.94. The number of hydrogen-bond donors (Lipinski definition) is 2. The average Bonchev–Trinajstić information content (AvgIpc) is 2.35. The van der Waals surface area contributed by atoms with Crippen LogP contribution in [0.5, 0.6) is 5.75 Å². The number of phenolic OH excluding ortho intramolecular Hbond substituents is 1. The molecule has 1 heterocycles. The Kier molecular flexibility index (Phi) is 3.57. The Balaban J connectivity index is 2.21. The maximum atomic E-state index is 13.0. The van der Waals surface area contributed by atoms with Gasteiger partial charge in [0.15, 0.2) is 0 Å². The molecule has 1 aromatic carbocycles. The van der Waals surface area contributed by atoms with Crippen molar-refractivity contribution in [2.24, 2.45) is 0 Å². The number of benzene rings is 1. The molecule has 6 heteroatoms. The summed E-state index contributed by atoms with van der Waals surface area (Å²) in [5.41, 5.74) is -0.139. The number of rotatable bonds is 2. The number of aromatic hydroxyl groups is 1. The second-order valence-electron chi connectivity index (χ2n) is 3.48. The third-order valence-electron chi connectivity index (χ3n) is 2.17. The van der Waals surface area contributed by atoms with Crippen LogP contribution in [0.25, 0.3) is 0 Å². The predicted molar refractivity (Wildman–Crippen MR) is 68.0 cm³/mol. The number of halogens is 2. The number of hydrogen-bond acceptors (Lipinski definition) is 3. The minimum atomic E-state index is -0.623. The van der Waals surface area contributed by atoms with Crippen molar-refractivity contribution >= 4 is 27.7 Å². The minimum absolute atomic E-state index is 0.139. The van der Waals surface area contributed by atoms with Gasteiger partial charge in [0.25, 0.3) is 5.91 Å². The second-order valence-corrected chi connectivity index (χ2v) is 4.39. The fourth-order valence-corrected chi connectivity index (χ4v) is 1.56. The Labute approximate surface area is 111 Å². The van der Waals surface area contributed by atoms with Crippen LogP contribution >= 0.6 is 15.9 Å². The van der Waals surface area contributed by atoms with Crippen molar-refractivity contribution < 1.29 is 14.3 Å². The number of nitrogens with one attached hydrogen (secondary N) is 1. The minimum Gasteiger partial charge on any atom is -0.507 e. The summed E-state index contributed by atoms with van der Waals surface area (Å²) in [6.45, 7) is 0. The van der Waals surface area contributed by atoms with E-state index in [1.54, 1.807) is 12.1 Å². The van der Waals surface area contributed by atoms with Gasteiger partial charge in [-0.25, -0.2) is 9.37 Å². The van der Waals surface area contributed by atoms with Gasteiger partial charge >= 0.3 is 0 Å². The molecule has 2 aromatic rings. The van der Waals surface area contributed by atoms with E-state index in [2.05, 4.69) is 26.2 Å². The first-order valence-corrected chi connectivity index (χ1v) is 5.77. The molecule has 0 atom stereocenters. The number of phenols is 1. The molecular weight excluding hydrogens is 303 g/mol. The van der Waals surface area contributed by atoms with Crippen LogP contribution in [0.2, 0.25) is 0 Å². The third kappa shape index (κ3) is 2.84. The van der Waals surface area contributed by atoms with Gasteiger partial charge in [0, 0.05) is 10.7 Å². The topological polar surface area (TPSA) is 62.2 Å². The van der Waals surface area contributed by atoms with Crippen molar-refractivity contribution in [3.63, 3.8) is 0 Å². The normalized spacial score (nSPS) is 10.1. The van der Waals surface area contributed by atoms with Crippen LogP contribution in [-0.2, 0) is 0 Å². The van der Waals surface area contributed by atoms with E-state index >= 15 is 0 Å². The molecule has 0 saturated carbocycles. The molecule has 2 rings (SSSR count). The zero-order valence-corrected chi connectivity index (χ0v) is 10.6. The number of aromatic nitrogens is 1. The molecule has 0 bridgehead atoms. The maximum Gasteiger partial charge on any atom is 0.260 e. The Hall–Kier alpha value is -1.95. The average molecular weight is 311 g/mol. The highest BCUT2D eigenvalue weighted by atomic mass is 79.9. The van der Waals surface area contributed by atoms with Crippen molar-refractivity contribution in [2.45, 2.75) is 0 Å². The van der Waals surface area contributed by atoms with Gasteiger partial charge in [-0.2, -0.15) is 0 Å². The molecule has 0 aliphatic rings. The van der Waals surface area contributed by atoms with Gasteiger partial charge in [-0.3, -0.25) is 4.79 Å². The second kappa shape index (κ2) is 5.14. The Morgan fingerprint density at radius 2 is 2.11 bits per heavy atom. The molecule has 0 spiro atoms. The maximum absolute atomic E-state index is 13.0. The summed E-state index contributed by atoms with van der Waals surface area (Å²) in [6.07, 6.45) is 1.51. The van der Waals surface area contributed by atoms with Crippen LogP contribution in [0.3, 0.4) is 0 Å². The van der Waals surface area contributed by atoms with Crippen molar-refractivity contribution in [3.05, 3.63) is 52.4 Å². The van der Waals surface area contributed by atoms with Crippen LogP contribution in [-0.4, -0.2) is 16.0 Å². The van der Waals surface area contributed by atoms with Crippen molar-refractivity contribution in [2.75, 3.05) is 5.32 Å². The van der Waals surface area contributed by atoms with Crippen LogP contribution < -0.4 is 5.32 Å². The molecule has 0 aliphatic heterocycles. The summed E-state index contributed by atoms with van der Waals surface area (Å²) in [5, 5.41) is 11.9. The standard InChI is InChI=1S/C12H8BrFN2O2/c13-7-1-4-11(15-6-7)16-12(18)9-5-8(14)2-3-10(9)17/h1-6,17H,(H,15,16,18). The van der Waals surface area contributed by atoms with Gasteiger partial charge < -0.3 is 10.4 Å². The molecule has 4 nitrogen and oxygen atoms in total. The van der Waals surface area contributed by atoms with Gasteiger partial charge in [0.2, 0.25) is 0 Å². The Morgan fingerprint density at radius 3 is 2.78 bits per heavy atom. The lowest BCUT2D eigenvalue weighted by Gasteiger charge is -2.06. The summed E-state index contributed by atoms with van der Waals surface area (Å²) in [4.78, 5) is 15.7. The van der Waals surface area contributed by atoms with E-state index in [1.165, 1.54) is 6.20 Å². The van der Waals surface area contributed by atoms with Crippen LogP contribution in [0.4, 0.5) is 10.2 Å². The lowest BCUT2D eigenvalue weighted by atomic mass is 10.2. The summed E-state index contributed by atoms with van der Waals surface area (Å²) < 4.78 is 13.8. The van der Waals surface area contributed by atoms with E-state index in [1.807, 2.05) is 0 Å². The first kappa shape index (κ1) is 12.5. The number of carbonyl (C=O) groups excluding carboxylic acids is 1. The van der Waals surface area contributed by atoms with E-state index in [0.717, 1.165) is 22.7 Å². The lowest BCUT2D eigenvalue weighted by molar-refractivity contribution is 0.102. The van der Waals surface area contributed by atoms with Crippen molar-refractivity contribution in [1.82, 2.24) is 4.98 Å². The zero-order chi connectivity index (χ0) is 13.1. The van der Waals surface area contributed by atoms with Crippen molar-refractivity contribution in [3.8, 4) is 5.75 Å². The van der Waals surface area contributed by atoms with Gasteiger partial charge in [-0.05, 0) is 46.3 Å². The molecule has 18 heavy (non-hydrogen) atoms. The van der Waals surface area contributed by atoms with E-state index in [-0.39, 0.29) is 11.3 Å². The highest BCUT2D eigenvalue weighted by Gasteiger charge is 2.12. The lowest BCUT2D eigenvalue weighted by Crippen LogP contribution is -2.13. The van der Waals surface area contributed by atoms with E-state index < -0.39 is 11.7 Å². The fourth-order valence-electron chi connectivity index (χ4n) is 1.32. The molecule has 92 valence electrons. The van der Waals surface area contributed by atoms with E-state index in [9.17, 15) is 14.3 Å². The van der Waals surface area contributed by atoms with Gasteiger partial charge in [0.05, 0.1) is 5.56 Å². The molecule has 1 aromatic heterocycles. The quantitative estimate of drug-likeness (QED) is 0.896. The highest BCUT2D eigenvalue weighted by Crippen LogP contribution is 2.19. The molecule has 2 N–H and O–H groups in total. The van der Waals surface area contributed by atoms with Gasteiger partial charge in [-0.15, -0.1) is 0 Å². The number of pyridine rings is 1. The molecule has 0 aliphatic carbocycles. The molecule has 1 amide bonds. The van der Waals surface area contributed by atoms with E-state index in [0.29, 0.717) is 5.82 Å². The van der Waals surface area contributed by atoms with Crippen LogP contribution in [0.1, 0.15) is 10.4 Å². The van der Waals surface area contributed by atoms with Crippen LogP contribution in [0, 0.1) is 5.82 Å². The molecular formula is C12H8BrFN2O2. The first-order chi connectivity index (χ1) is 8.56. The van der Waals surface area contributed by atoms with Gasteiger partial charge in [-0.1, -0.05) is 0 Å². The summed E-state index contributed by atoms with van der Waals surface area (Å²) in [7, 11) is 0. The Morgan fingerprint density at radius 1 is 1.33 bits per heavy atom. The number of carbonyl (C=O) groups is 1. The third-order valence-corrected chi connectivity index (χ3v) is 2.64. The molecule has 0 saturated heterocycles. The molecule has 0 unspecified atom stereocenters. The summed E-state index contributed by atoms with van der Waals surface area (Å²) in [6, 6.07) is 6.44. The fraction of sp³-hybridized carbons (Fsp3) is 0. The first-order valence-electron chi connectivity index (χ1n) is 4.97. The molecule has 0 fully saturated rings. The smallest absolute Gasteiger partial charge is 0.260 e. The zero-order valence-electron chi connectivity index (χ0n) is 9.02. The number of amides is 1.